The molecular formula is C22H25O2P. The molecule has 0 saturated heterocycles. The Labute approximate surface area is 150 Å². The molecule has 0 radical (unpaired) electrons. The van der Waals surface area contributed by atoms with Crippen LogP contribution in [0.3, 0.4) is 0 Å². The van der Waals surface area contributed by atoms with Gasteiger partial charge in [0.25, 0.3) is 0 Å². The molecule has 0 saturated carbocycles. The molecule has 0 atom stereocenters. The van der Waals surface area contributed by atoms with Crippen molar-refractivity contribution in [1.82, 2.24) is 0 Å². The third-order valence-corrected chi connectivity index (χ3v) is 10.4. The first-order valence-corrected chi connectivity index (χ1v) is 10.9. The van der Waals surface area contributed by atoms with Gasteiger partial charge in [-0.1, -0.05) is 0 Å². The van der Waals surface area contributed by atoms with Crippen LogP contribution in [0.5, 0.6) is 0 Å². The van der Waals surface area contributed by atoms with Gasteiger partial charge in [0.05, 0.1) is 0 Å². The summed E-state index contributed by atoms with van der Waals surface area (Å²) in [5, 5.41) is 3.57. The summed E-state index contributed by atoms with van der Waals surface area (Å²) in [4.78, 5) is 0. The molecule has 0 bridgehead atoms. The van der Waals surface area contributed by atoms with E-state index < -0.39 is 6.83 Å². The maximum atomic E-state index is 6.82. The van der Waals surface area contributed by atoms with Crippen molar-refractivity contribution >= 4 is 22.7 Å². The zero-order chi connectivity index (χ0) is 17.6. The molecule has 3 aromatic rings. The summed E-state index contributed by atoms with van der Waals surface area (Å²) < 4.78 is 12.7. The Balaban J connectivity index is 2.47. The third-order valence-electron chi connectivity index (χ3n) is 4.70. The predicted octanol–water partition coefficient (Wildman–Crippen LogP) is 4.07. The van der Waals surface area contributed by atoms with Gasteiger partial charge in [-0.15, -0.1) is 0 Å². The molecule has 0 N–H and O–H groups in total. The minimum absolute atomic E-state index is 0.511. The summed E-state index contributed by atoms with van der Waals surface area (Å²) in [5.41, 5.74) is 0. The molecule has 2 nitrogen and oxygen atoms in total. The zero-order valence-electron chi connectivity index (χ0n) is 14.8. The van der Waals surface area contributed by atoms with E-state index in [1.54, 1.807) is 7.11 Å². The molecule has 0 heterocycles. The molecule has 0 aliphatic carbocycles. The van der Waals surface area contributed by atoms with Gasteiger partial charge in [0, 0.05) is 0 Å². The first-order chi connectivity index (χ1) is 12.3. The van der Waals surface area contributed by atoms with Crippen molar-refractivity contribution in [1.29, 1.82) is 0 Å². The molecule has 0 aromatic heterocycles. The second-order valence-corrected chi connectivity index (χ2v) is 10.5. The molecule has 0 aliphatic rings. The van der Waals surface area contributed by atoms with Crippen molar-refractivity contribution in [3.05, 3.63) is 91.0 Å². The van der Waals surface area contributed by atoms with Crippen LogP contribution in [0.15, 0.2) is 91.0 Å². The van der Waals surface area contributed by atoms with E-state index in [1.165, 1.54) is 15.9 Å². The molecular weight excluding hydrogens is 327 g/mol. The summed E-state index contributed by atoms with van der Waals surface area (Å²) in [7, 11) is 1.76. The topological polar surface area (TPSA) is 18.5 Å². The normalized spacial score (nSPS) is 13.1. The number of methoxy groups -OCH3 is 1. The van der Waals surface area contributed by atoms with E-state index in [0.717, 1.165) is 0 Å². The van der Waals surface area contributed by atoms with Gasteiger partial charge in [-0.3, -0.25) is 0 Å². The van der Waals surface area contributed by atoms with Crippen molar-refractivity contribution in [2.24, 2.45) is 0 Å². The van der Waals surface area contributed by atoms with Gasteiger partial charge >= 0.3 is 150 Å². The van der Waals surface area contributed by atoms with Gasteiger partial charge in [-0.05, 0) is 0 Å². The Hall–Kier alpha value is -1.99. The standard InChI is InChI=1S/C22H25O2P/c1-3-24-25(19-23-2,20-13-7-4-8-14-20,21-15-9-5-10-16-21)22-17-11-6-12-18-22/h4-18H,3,19H2,1-2H3. The fourth-order valence-electron chi connectivity index (χ4n) is 3.69. The molecule has 0 spiro atoms. The van der Waals surface area contributed by atoms with Crippen LogP contribution in [0, 0.1) is 0 Å². The second-order valence-electron chi connectivity index (χ2n) is 6.05. The molecule has 0 unspecified atom stereocenters. The number of rotatable bonds is 7. The first kappa shape index (κ1) is 17.8. The minimum atomic E-state index is -3.21. The SMILES string of the molecule is CCOP(COC)(c1ccccc1)(c1ccccc1)c1ccccc1. The van der Waals surface area contributed by atoms with Crippen LogP contribution in [-0.4, -0.2) is 20.1 Å². The number of ether oxygens (including phenoxy) is 1. The van der Waals surface area contributed by atoms with Crippen LogP contribution in [0.2, 0.25) is 0 Å². The maximum absolute atomic E-state index is 6.82. The van der Waals surface area contributed by atoms with Gasteiger partial charge in [0.1, 0.15) is 0 Å². The van der Waals surface area contributed by atoms with Crippen molar-refractivity contribution in [2.45, 2.75) is 6.92 Å². The van der Waals surface area contributed by atoms with E-state index in [-0.39, 0.29) is 0 Å². The van der Waals surface area contributed by atoms with Crippen molar-refractivity contribution in [3.8, 4) is 0 Å². The van der Waals surface area contributed by atoms with Crippen LogP contribution in [0.4, 0.5) is 0 Å². The zero-order valence-corrected chi connectivity index (χ0v) is 15.7. The molecule has 3 aromatic carbocycles. The van der Waals surface area contributed by atoms with Gasteiger partial charge in [0.15, 0.2) is 0 Å². The van der Waals surface area contributed by atoms with Crippen molar-refractivity contribution in [3.63, 3.8) is 0 Å². The first-order valence-electron chi connectivity index (χ1n) is 8.59. The molecule has 3 rings (SSSR count). The van der Waals surface area contributed by atoms with Crippen LogP contribution in [0.1, 0.15) is 6.92 Å². The summed E-state index contributed by atoms with van der Waals surface area (Å²) in [6.07, 6.45) is 0.511. The number of hydrogen-bond donors (Lipinski definition) is 0. The third kappa shape index (κ3) is 2.81. The average molecular weight is 352 g/mol. The van der Waals surface area contributed by atoms with Gasteiger partial charge < -0.3 is 0 Å². The van der Waals surface area contributed by atoms with Gasteiger partial charge in [-0.25, -0.2) is 0 Å². The Morgan fingerprint density at radius 2 is 1.00 bits per heavy atom. The van der Waals surface area contributed by atoms with Crippen LogP contribution in [-0.2, 0) is 9.26 Å². The fourth-order valence-corrected chi connectivity index (χ4v) is 9.03. The fraction of sp³-hybridized carbons (Fsp3) is 0.182. The van der Waals surface area contributed by atoms with Gasteiger partial charge in [-0.2, -0.15) is 0 Å². The van der Waals surface area contributed by atoms with Crippen LogP contribution in [0.25, 0.3) is 0 Å². The Kier molecular flexibility index (Phi) is 5.34. The summed E-state index contributed by atoms with van der Waals surface area (Å²) in [6, 6.07) is 31.7. The second kappa shape index (κ2) is 7.49. The summed E-state index contributed by atoms with van der Waals surface area (Å²) in [6.45, 7) is -0.534. The van der Waals surface area contributed by atoms with E-state index in [2.05, 4.69) is 79.7 Å². The van der Waals surface area contributed by atoms with E-state index >= 15 is 0 Å². The molecule has 0 aliphatic heterocycles. The molecule has 0 fully saturated rings. The van der Waals surface area contributed by atoms with Crippen molar-refractivity contribution < 1.29 is 9.26 Å². The van der Waals surface area contributed by atoms with Gasteiger partial charge in [0.2, 0.25) is 0 Å². The monoisotopic (exact) mass is 352 g/mol. The van der Waals surface area contributed by atoms with Crippen molar-refractivity contribution in [2.75, 3.05) is 20.1 Å². The molecule has 130 valence electrons. The summed E-state index contributed by atoms with van der Waals surface area (Å²) >= 11 is 0. The molecule has 0 amide bonds. The van der Waals surface area contributed by atoms with Crippen LogP contribution >= 0.6 is 6.83 Å². The average Bonchev–Trinajstić information content (AvgIpc) is 2.70. The molecule has 25 heavy (non-hydrogen) atoms. The van der Waals surface area contributed by atoms with Crippen LogP contribution < -0.4 is 15.9 Å². The predicted molar refractivity (Wildman–Crippen MR) is 109 cm³/mol. The number of hydrogen-bond acceptors (Lipinski definition) is 2. The van der Waals surface area contributed by atoms with E-state index in [9.17, 15) is 0 Å². The van der Waals surface area contributed by atoms with E-state index in [4.69, 9.17) is 9.26 Å². The van der Waals surface area contributed by atoms with E-state index in [0.29, 0.717) is 13.0 Å². The molecule has 3 heteroatoms. The Morgan fingerprint density at radius 3 is 1.28 bits per heavy atom. The Morgan fingerprint density at radius 1 is 0.640 bits per heavy atom. The van der Waals surface area contributed by atoms with E-state index in [1.807, 2.05) is 18.2 Å². The Bertz CT molecular complexity index is 679. The number of benzene rings is 3. The quantitative estimate of drug-likeness (QED) is 0.597. The summed E-state index contributed by atoms with van der Waals surface area (Å²) in [5.74, 6) is 0.